The summed E-state index contributed by atoms with van der Waals surface area (Å²) in [7, 11) is 1.52. The summed E-state index contributed by atoms with van der Waals surface area (Å²) >= 11 is 0. The van der Waals surface area contributed by atoms with E-state index in [1.54, 1.807) is 36.4 Å². The van der Waals surface area contributed by atoms with Crippen LogP contribution >= 0.6 is 0 Å². The van der Waals surface area contributed by atoms with Gasteiger partial charge in [0.25, 0.3) is 0 Å². The molecule has 0 radical (unpaired) electrons. The smallest absolute Gasteiger partial charge is 0.244 e. The van der Waals surface area contributed by atoms with Crippen molar-refractivity contribution in [3.05, 3.63) is 48.5 Å². The molecular weight excluding hydrogens is 332 g/mol. The van der Waals surface area contributed by atoms with E-state index in [0.29, 0.717) is 22.9 Å². The van der Waals surface area contributed by atoms with E-state index in [-0.39, 0.29) is 24.5 Å². The molecule has 0 spiro atoms. The summed E-state index contributed by atoms with van der Waals surface area (Å²) in [6, 6.07) is 14.3. The Hall–Kier alpha value is -3.02. The summed E-state index contributed by atoms with van der Waals surface area (Å²) in [5, 5.41) is 2.81. The van der Waals surface area contributed by atoms with Gasteiger partial charge in [-0.15, -0.1) is 0 Å². The summed E-state index contributed by atoms with van der Waals surface area (Å²) in [4.78, 5) is 26.0. The number of benzene rings is 2. The molecule has 0 bridgehead atoms. The minimum Gasteiger partial charge on any atom is -0.495 e. The molecule has 0 saturated carbocycles. The van der Waals surface area contributed by atoms with Crippen molar-refractivity contribution in [3.8, 4) is 11.5 Å². The van der Waals surface area contributed by atoms with Crippen molar-refractivity contribution in [2.75, 3.05) is 23.9 Å². The maximum absolute atomic E-state index is 12.5. The Morgan fingerprint density at radius 1 is 1.04 bits per heavy atom. The molecule has 2 amide bonds. The van der Waals surface area contributed by atoms with Gasteiger partial charge in [-0.1, -0.05) is 24.3 Å². The molecule has 0 fully saturated rings. The summed E-state index contributed by atoms with van der Waals surface area (Å²) in [5.74, 6) is 0.531. The predicted octanol–water partition coefficient (Wildman–Crippen LogP) is 3.47. The standard InChI is InChI=1S/C20H24N2O4/c1-14(2)26-18-11-7-5-9-16(18)21-20(24)13-22(15(3)23)17-10-6-8-12-19(17)25-4/h5-12,14H,13H2,1-4H3,(H,21,24). The number of amides is 2. The van der Waals surface area contributed by atoms with Crippen LogP contribution in [-0.4, -0.2) is 31.6 Å². The Bertz CT molecular complexity index is 774. The van der Waals surface area contributed by atoms with E-state index in [2.05, 4.69) is 5.32 Å². The van der Waals surface area contributed by atoms with Gasteiger partial charge in [-0.2, -0.15) is 0 Å². The number of carbonyl (C=O) groups is 2. The molecule has 6 nitrogen and oxygen atoms in total. The van der Waals surface area contributed by atoms with Crippen LogP contribution in [0.3, 0.4) is 0 Å². The zero-order chi connectivity index (χ0) is 19.1. The van der Waals surface area contributed by atoms with Crippen LogP contribution in [0.25, 0.3) is 0 Å². The lowest BCUT2D eigenvalue weighted by molar-refractivity contribution is -0.120. The Kier molecular flexibility index (Phi) is 6.60. The van der Waals surface area contributed by atoms with Gasteiger partial charge in [0.1, 0.15) is 18.0 Å². The van der Waals surface area contributed by atoms with Crippen molar-refractivity contribution < 1.29 is 19.1 Å². The molecule has 1 N–H and O–H groups in total. The van der Waals surface area contributed by atoms with Crippen LogP contribution in [-0.2, 0) is 9.59 Å². The van der Waals surface area contributed by atoms with Crippen LogP contribution in [0.4, 0.5) is 11.4 Å². The number of nitrogens with zero attached hydrogens (tertiary/aromatic N) is 1. The maximum atomic E-state index is 12.5. The zero-order valence-corrected chi connectivity index (χ0v) is 15.5. The van der Waals surface area contributed by atoms with Gasteiger partial charge in [0.05, 0.1) is 24.6 Å². The molecule has 2 aromatic carbocycles. The third kappa shape index (κ3) is 4.99. The van der Waals surface area contributed by atoms with Crippen LogP contribution in [0.5, 0.6) is 11.5 Å². The van der Waals surface area contributed by atoms with E-state index in [0.717, 1.165) is 0 Å². The quantitative estimate of drug-likeness (QED) is 0.825. The normalized spacial score (nSPS) is 10.3. The third-order valence-electron chi connectivity index (χ3n) is 3.58. The molecular formula is C20H24N2O4. The second-order valence-electron chi connectivity index (χ2n) is 5.99. The van der Waals surface area contributed by atoms with Crippen molar-refractivity contribution in [2.24, 2.45) is 0 Å². The number of para-hydroxylation sites is 4. The lowest BCUT2D eigenvalue weighted by atomic mass is 10.2. The fourth-order valence-electron chi connectivity index (χ4n) is 2.48. The number of ether oxygens (including phenoxy) is 2. The highest BCUT2D eigenvalue weighted by molar-refractivity contribution is 6.03. The van der Waals surface area contributed by atoms with Crippen molar-refractivity contribution in [1.82, 2.24) is 0 Å². The first-order valence-corrected chi connectivity index (χ1v) is 8.39. The van der Waals surface area contributed by atoms with Crippen molar-refractivity contribution in [3.63, 3.8) is 0 Å². The largest absolute Gasteiger partial charge is 0.495 e. The Morgan fingerprint density at radius 2 is 1.65 bits per heavy atom. The molecule has 0 aliphatic carbocycles. The highest BCUT2D eigenvalue weighted by Gasteiger charge is 2.20. The lowest BCUT2D eigenvalue weighted by Gasteiger charge is -2.23. The maximum Gasteiger partial charge on any atom is 0.244 e. The number of anilines is 2. The fraction of sp³-hybridized carbons (Fsp3) is 0.300. The minimum absolute atomic E-state index is 0.0182. The first kappa shape index (κ1) is 19.3. The van der Waals surface area contributed by atoms with Crippen LogP contribution in [0.1, 0.15) is 20.8 Å². The number of rotatable bonds is 7. The predicted molar refractivity (Wildman–Crippen MR) is 102 cm³/mol. The Balaban J connectivity index is 2.18. The van der Waals surface area contributed by atoms with Gasteiger partial charge in [-0.25, -0.2) is 0 Å². The van der Waals surface area contributed by atoms with E-state index >= 15 is 0 Å². The molecule has 6 heteroatoms. The number of hydrogen-bond acceptors (Lipinski definition) is 4. The molecule has 0 aliphatic heterocycles. The molecule has 0 heterocycles. The number of carbonyl (C=O) groups excluding carboxylic acids is 2. The first-order valence-electron chi connectivity index (χ1n) is 8.39. The topological polar surface area (TPSA) is 67.9 Å². The summed E-state index contributed by atoms with van der Waals surface area (Å²) in [5.41, 5.74) is 1.11. The molecule has 0 saturated heterocycles. The van der Waals surface area contributed by atoms with Crippen LogP contribution < -0.4 is 19.7 Å². The number of methoxy groups -OCH3 is 1. The molecule has 26 heavy (non-hydrogen) atoms. The van der Waals surface area contributed by atoms with Gasteiger partial charge < -0.3 is 14.8 Å². The average molecular weight is 356 g/mol. The van der Waals surface area contributed by atoms with Crippen LogP contribution in [0.15, 0.2) is 48.5 Å². The van der Waals surface area contributed by atoms with Gasteiger partial charge in [-0.05, 0) is 38.1 Å². The average Bonchev–Trinajstić information content (AvgIpc) is 2.60. The second kappa shape index (κ2) is 8.89. The molecule has 2 rings (SSSR count). The summed E-state index contributed by atoms with van der Waals surface area (Å²) in [6.07, 6.45) is -0.0182. The fourth-order valence-corrected chi connectivity index (χ4v) is 2.48. The van der Waals surface area contributed by atoms with Gasteiger partial charge in [0, 0.05) is 6.92 Å². The SMILES string of the molecule is COc1ccccc1N(CC(=O)Nc1ccccc1OC(C)C)C(C)=O. The van der Waals surface area contributed by atoms with Crippen molar-refractivity contribution >= 4 is 23.2 Å². The monoisotopic (exact) mass is 356 g/mol. The van der Waals surface area contributed by atoms with E-state index in [1.165, 1.54) is 18.9 Å². The van der Waals surface area contributed by atoms with Gasteiger partial charge in [0.2, 0.25) is 11.8 Å². The van der Waals surface area contributed by atoms with Gasteiger partial charge in [-0.3, -0.25) is 14.5 Å². The van der Waals surface area contributed by atoms with E-state index in [1.807, 2.05) is 26.0 Å². The highest BCUT2D eigenvalue weighted by atomic mass is 16.5. The van der Waals surface area contributed by atoms with Gasteiger partial charge in [0.15, 0.2) is 0 Å². The van der Waals surface area contributed by atoms with Crippen molar-refractivity contribution in [2.45, 2.75) is 26.9 Å². The van der Waals surface area contributed by atoms with Crippen LogP contribution in [0, 0.1) is 0 Å². The summed E-state index contributed by atoms with van der Waals surface area (Å²) < 4.78 is 11.0. The molecule has 0 aliphatic rings. The number of nitrogens with one attached hydrogen (secondary N) is 1. The van der Waals surface area contributed by atoms with Crippen molar-refractivity contribution in [1.29, 1.82) is 0 Å². The number of hydrogen-bond donors (Lipinski definition) is 1. The van der Waals surface area contributed by atoms with E-state index in [4.69, 9.17) is 9.47 Å². The molecule has 138 valence electrons. The minimum atomic E-state index is -0.328. The summed E-state index contributed by atoms with van der Waals surface area (Å²) in [6.45, 7) is 5.11. The van der Waals surface area contributed by atoms with E-state index < -0.39 is 0 Å². The van der Waals surface area contributed by atoms with Gasteiger partial charge >= 0.3 is 0 Å². The molecule has 0 aromatic heterocycles. The zero-order valence-electron chi connectivity index (χ0n) is 15.5. The van der Waals surface area contributed by atoms with Crippen LogP contribution in [0.2, 0.25) is 0 Å². The third-order valence-corrected chi connectivity index (χ3v) is 3.58. The lowest BCUT2D eigenvalue weighted by Crippen LogP contribution is -2.37. The second-order valence-corrected chi connectivity index (χ2v) is 5.99. The van der Waals surface area contributed by atoms with E-state index in [9.17, 15) is 9.59 Å². The Labute approximate surface area is 153 Å². The highest BCUT2D eigenvalue weighted by Crippen LogP contribution is 2.28. The molecule has 0 unspecified atom stereocenters. The Morgan fingerprint density at radius 3 is 2.27 bits per heavy atom. The first-order chi connectivity index (χ1) is 12.4. The molecule has 2 aromatic rings. The molecule has 0 atom stereocenters.